The summed E-state index contributed by atoms with van der Waals surface area (Å²) in [6.45, 7) is 9.47. The molecule has 0 radical (unpaired) electrons. The van der Waals surface area contributed by atoms with Crippen LogP contribution in [0.5, 0.6) is 0 Å². The molecule has 3 aromatic carbocycles. The first-order valence-corrected chi connectivity index (χ1v) is 9.12. The van der Waals surface area contributed by atoms with Crippen molar-refractivity contribution in [3.8, 4) is 11.4 Å². The average Bonchev–Trinajstić information content (AvgIpc) is 2.99. The lowest BCUT2D eigenvalue weighted by Crippen LogP contribution is -2.03. The van der Waals surface area contributed by atoms with Crippen molar-refractivity contribution < 1.29 is 0 Å². The molecule has 0 atom stereocenters. The molecule has 26 heavy (non-hydrogen) atoms. The first-order chi connectivity index (χ1) is 12.5. The number of rotatable bonds is 3. The maximum atomic E-state index is 4.95. The lowest BCUT2D eigenvalue weighted by Gasteiger charge is -2.12. The van der Waals surface area contributed by atoms with Gasteiger partial charge in [-0.2, -0.15) is 0 Å². The van der Waals surface area contributed by atoms with Gasteiger partial charge in [-0.1, -0.05) is 42.5 Å². The summed E-state index contributed by atoms with van der Waals surface area (Å²) in [5.74, 6) is 1.03. The van der Waals surface area contributed by atoms with E-state index in [0.29, 0.717) is 0 Å². The molecule has 0 N–H and O–H groups in total. The van der Waals surface area contributed by atoms with Crippen LogP contribution in [-0.2, 0) is 6.54 Å². The summed E-state index contributed by atoms with van der Waals surface area (Å²) >= 11 is 0. The van der Waals surface area contributed by atoms with Crippen LogP contribution in [0.15, 0.2) is 60.7 Å². The van der Waals surface area contributed by atoms with E-state index in [0.717, 1.165) is 17.9 Å². The normalized spacial score (nSPS) is 11.2. The lowest BCUT2D eigenvalue weighted by molar-refractivity contribution is 0.832. The van der Waals surface area contributed by atoms with Crippen LogP contribution in [0.25, 0.3) is 22.4 Å². The van der Waals surface area contributed by atoms with Crippen molar-refractivity contribution in [1.82, 2.24) is 9.55 Å². The van der Waals surface area contributed by atoms with E-state index in [-0.39, 0.29) is 0 Å². The average molecular weight is 340 g/mol. The van der Waals surface area contributed by atoms with Crippen LogP contribution in [0.2, 0.25) is 0 Å². The molecule has 0 fully saturated rings. The highest BCUT2D eigenvalue weighted by Crippen LogP contribution is 2.27. The van der Waals surface area contributed by atoms with Crippen molar-refractivity contribution in [3.63, 3.8) is 0 Å². The predicted octanol–water partition coefficient (Wildman–Crippen LogP) is 5.99. The zero-order chi connectivity index (χ0) is 18.3. The molecular formula is C24H24N2. The van der Waals surface area contributed by atoms with Gasteiger partial charge in [0.1, 0.15) is 5.82 Å². The Balaban J connectivity index is 1.88. The molecule has 4 aromatic rings. The highest BCUT2D eigenvalue weighted by atomic mass is 15.1. The standard InChI is InChI=1S/C24H24N2/c1-16-9-11-20(13-18(16)3)15-26-23-8-6-5-7-22(23)25-24(26)21-12-10-17(2)19(4)14-21/h5-14H,15H2,1-4H3. The van der Waals surface area contributed by atoms with Gasteiger partial charge in [0.25, 0.3) is 0 Å². The van der Waals surface area contributed by atoms with Crippen molar-refractivity contribution in [3.05, 3.63) is 88.5 Å². The second-order valence-electron chi connectivity index (χ2n) is 7.23. The van der Waals surface area contributed by atoms with E-state index in [1.807, 2.05) is 0 Å². The van der Waals surface area contributed by atoms with Gasteiger partial charge >= 0.3 is 0 Å². The predicted molar refractivity (Wildman–Crippen MR) is 110 cm³/mol. The lowest BCUT2D eigenvalue weighted by atomic mass is 10.0. The number of benzene rings is 3. The van der Waals surface area contributed by atoms with E-state index >= 15 is 0 Å². The van der Waals surface area contributed by atoms with E-state index in [1.165, 1.54) is 38.9 Å². The fourth-order valence-corrected chi connectivity index (χ4v) is 3.42. The largest absolute Gasteiger partial charge is 0.319 e. The number of para-hydroxylation sites is 2. The Morgan fingerprint density at radius 1 is 0.731 bits per heavy atom. The number of fused-ring (bicyclic) bond motifs is 1. The van der Waals surface area contributed by atoms with E-state index in [9.17, 15) is 0 Å². The molecule has 0 unspecified atom stereocenters. The van der Waals surface area contributed by atoms with E-state index in [1.54, 1.807) is 0 Å². The van der Waals surface area contributed by atoms with Crippen molar-refractivity contribution in [1.29, 1.82) is 0 Å². The highest BCUT2D eigenvalue weighted by molar-refractivity contribution is 5.81. The van der Waals surface area contributed by atoms with Crippen molar-refractivity contribution in [2.45, 2.75) is 34.2 Å². The highest BCUT2D eigenvalue weighted by Gasteiger charge is 2.13. The quantitative estimate of drug-likeness (QED) is 0.448. The Kier molecular flexibility index (Phi) is 4.12. The smallest absolute Gasteiger partial charge is 0.141 e. The van der Waals surface area contributed by atoms with Gasteiger partial charge in [-0.15, -0.1) is 0 Å². The fourth-order valence-electron chi connectivity index (χ4n) is 3.42. The summed E-state index contributed by atoms with van der Waals surface area (Å²) < 4.78 is 2.34. The Morgan fingerprint density at radius 2 is 1.42 bits per heavy atom. The second kappa shape index (κ2) is 6.45. The minimum Gasteiger partial charge on any atom is -0.319 e. The molecule has 4 rings (SSSR count). The van der Waals surface area contributed by atoms with Gasteiger partial charge in [-0.3, -0.25) is 0 Å². The Morgan fingerprint density at radius 3 is 2.15 bits per heavy atom. The molecular weight excluding hydrogens is 316 g/mol. The maximum absolute atomic E-state index is 4.95. The van der Waals surface area contributed by atoms with Crippen LogP contribution >= 0.6 is 0 Å². The van der Waals surface area contributed by atoms with Crippen molar-refractivity contribution in [2.24, 2.45) is 0 Å². The molecule has 1 heterocycles. The van der Waals surface area contributed by atoms with E-state index in [2.05, 4.69) is 92.9 Å². The van der Waals surface area contributed by atoms with E-state index < -0.39 is 0 Å². The van der Waals surface area contributed by atoms with Gasteiger partial charge in [-0.05, 0) is 73.7 Å². The monoisotopic (exact) mass is 340 g/mol. The third-order valence-corrected chi connectivity index (χ3v) is 5.33. The third-order valence-electron chi connectivity index (χ3n) is 5.33. The molecule has 130 valence electrons. The Hall–Kier alpha value is -2.87. The molecule has 0 spiro atoms. The van der Waals surface area contributed by atoms with Gasteiger partial charge in [0.15, 0.2) is 0 Å². The molecule has 0 aliphatic rings. The Labute approximate surface area is 155 Å². The maximum Gasteiger partial charge on any atom is 0.141 e. The SMILES string of the molecule is Cc1ccc(Cn2c(-c3ccc(C)c(C)c3)nc3ccccc32)cc1C. The van der Waals surface area contributed by atoms with Crippen LogP contribution in [0.4, 0.5) is 0 Å². The summed E-state index contributed by atoms with van der Waals surface area (Å²) in [5, 5.41) is 0. The van der Waals surface area contributed by atoms with Gasteiger partial charge in [-0.25, -0.2) is 4.98 Å². The van der Waals surface area contributed by atoms with Crippen LogP contribution < -0.4 is 0 Å². The zero-order valence-corrected chi connectivity index (χ0v) is 15.9. The van der Waals surface area contributed by atoms with Gasteiger partial charge < -0.3 is 4.57 Å². The third kappa shape index (κ3) is 2.92. The van der Waals surface area contributed by atoms with Crippen LogP contribution in [-0.4, -0.2) is 9.55 Å². The molecule has 1 aromatic heterocycles. The first kappa shape index (κ1) is 16.6. The number of nitrogens with zero attached hydrogens (tertiary/aromatic N) is 2. The molecule has 2 heteroatoms. The zero-order valence-electron chi connectivity index (χ0n) is 15.9. The van der Waals surface area contributed by atoms with Gasteiger partial charge in [0.2, 0.25) is 0 Å². The van der Waals surface area contributed by atoms with Crippen molar-refractivity contribution in [2.75, 3.05) is 0 Å². The minimum atomic E-state index is 0.823. The number of aromatic nitrogens is 2. The summed E-state index contributed by atoms with van der Waals surface area (Å²) in [7, 11) is 0. The number of hydrogen-bond donors (Lipinski definition) is 0. The van der Waals surface area contributed by atoms with E-state index in [4.69, 9.17) is 4.98 Å². The van der Waals surface area contributed by atoms with Gasteiger partial charge in [0, 0.05) is 12.1 Å². The minimum absolute atomic E-state index is 0.823. The number of hydrogen-bond acceptors (Lipinski definition) is 1. The molecule has 2 nitrogen and oxygen atoms in total. The number of imidazole rings is 1. The first-order valence-electron chi connectivity index (χ1n) is 9.12. The summed E-state index contributed by atoms with van der Waals surface area (Å²) in [6.07, 6.45) is 0. The second-order valence-corrected chi connectivity index (χ2v) is 7.23. The van der Waals surface area contributed by atoms with Crippen LogP contribution in [0, 0.1) is 27.7 Å². The molecule has 0 amide bonds. The molecule has 0 aliphatic heterocycles. The van der Waals surface area contributed by atoms with Gasteiger partial charge in [0.05, 0.1) is 11.0 Å². The van der Waals surface area contributed by atoms with Crippen LogP contribution in [0.1, 0.15) is 27.8 Å². The number of aryl methyl sites for hydroxylation is 4. The summed E-state index contributed by atoms with van der Waals surface area (Å²) in [4.78, 5) is 4.95. The molecule has 0 aliphatic carbocycles. The Bertz CT molecular complexity index is 1100. The fraction of sp³-hybridized carbons (Fsp3) is 0.208. The molecule has 0 saturated heterocycles. The van der Waals surface area contributed by atoms with Crippen LogP contribution in [0.3, 0.4) is 0 Å². The molecule has 0 saturated carbocycles. The topological polar surface area (TPSA) is 17.8 Å². The molecule has 0 bridgehead atoms. The summed E-state index contributed by atoms with van der Waals surface area (Å²) in [5.41, 5.74) is 9.98. The summed E-state index contributed by atoms with van der Waals surface area (Å²) in [6, 6.07) is 21.7. The van der Waals surface area contributed by atoms with Crippen molar-refractivity contribution >= 4 is 11.0 Å².